The Morgan fingerprint density at radius 2 is 2.19 bits per heavy atom. The zero-order valence-corrected chi connectivity index (χ0v) is 13.8. The van der Waals surface area contributed by atoms with Gasteiger partial charge in [0.05, 0.1) is 9.40 Å². The summed E-state index contributed by atoms with van der Waals surface area (Å²) in [6, 6.07) is 4.59. The number of carbonyl (C=O) groups excluding carboxylic acids is 1. The molecule has 0 bridgehead atoms. The number of carbonyl (C=O) groups is 1. The smallest absolute Gasteiger partial charge is 0.284 e. The highest BCUT2D eigenvalue weighted by atomic mass is 79.9. The summed E-state index contributed by atoms with van der Waals surface area (Å²) in [5, 5.41) is 13.9. The number of hydrogen-bond acceptors (Lipinski definition) is 3. The molecule has 1 amide bonds. The van der Waals surface area contributed by atoms with Gasteiger partial charge in [-0.15, -0.1) is 0 Å². The van der Waals surface area contributed by atoms with Crippen LogP contribution in [0.1, 0.15) is 49.9 Å². The molecule has 1 atom stereocenters. The Bertz CT molecular complexity index is 572. The molecule has 0 saturated heterocycles. The molecule has 0 spiro atoms. The van der Waals surface area contributed by atoms with Gasteiger partial charge in [-0.25, -0.2) is 0 Å². The maximum absolute atomic E-state index is 12.3. The van der Waals surface area contributed by atoms with Gasteiger partial charge in [0.2, 0.25) is 0 Å². The quantitative estimate of drug-likeness (QED) is 0.657. The lowest BCUT2D eigenvalue weighted by Crippen LogP contribution is -2.40. The molecule has 2 rings (SSSR count). The standard InChI is InChI=1S/C15H19BrN2O3/c1-15(2)7-3-4-11(9-15)17-14(19)10-5-6-12(16)13(8-10)18(20)21/h5-6,8,11H,3-4,7,9H2,1-2H3,(H,17,19). The SMILES string of the molecule is CC1(C)CCCC(NC(=O)c2ccc(Br)c([N+](=O)[O-])c2)C1. The van der Waals surface area contributed by atoms with Crippen molar-refractivity contribution in [1.82, 2.24) is 5.32 Å². The van der Waals surface area contributed by atoms with Crippen molar-refractivity contribution >= 4 is 27.5 Å². The molecule has 1 aromatic rings. The van der Waals surface area contributed by atoms with E-state index in [9.17, 15) is 14.9 Å². The predicted octanol–water partition coefficient (Wildman–Crippen LogP) is 4.06. The Hall–Kier alpha value is -1.43. The van der Waals surface area contributed by atoms with Crippen LogP contribution in [0.15, 0.2) is 22.7 Å². The van der Waals surface area contributed by atoms with E-state index in [2.05, 4.69) is 35.1 Å². The highest BCUT2D eigenvalue weighted by Crippen LogP contribution is 2.35. The van der Waals surface area contributed by atoms with Gasteiger partial charge in [-0.1, -0.05) is 20.3 Å². The van der Waals surface area contributed by atoms with Gasteiger partial charge in [-0.2, -0.15) is 0 Å². The number of benzene rings is 1. The van der Waals surface area contributed by atoms with E-state index in [0.29, 0.717) is 10.0 Å². The molecule has 1 aliphatic carbocycles. The third-order valence-electron chi connectivity index (χ3n) is 3.95. The van der Waals surface area contributed by atoms with Crippen molar-refractivity contribution < 1.29 is 9.72 Å². The molecule has 0 radical (unpaired) electrons. The van der Waals surface area contributed by atoms with Gasteiger partial charge in [0, 0.05) is 17.7 Å². The molecule has 0 heterocycles. The molecule has 114 valence electrons. The second-order valence-electron chi connectivity index (χ2n) is 6.35. The van der Waals surface area contributed by atoms with Crippen LogP contribution in [0.25, 0.3) is 0 Å². The molecule has 1 N–H and O–H groups in total. The van der Waals surface area contributed by atoms with Gasteiger partial charge >= 0.3 is 0 Å². The van der Waals surface area contributed by atoms with E-state index in [0.717, 1.165) is 19.3 Å². The predicted molar refractivity (Wildman–Crippen MR) is 84.3 cm³/mol. The lowest BCUT2D eigenvalue weighted by atomic mass is 9.75. The minimum Gasteiger partial charge on any atom is -0.349 e. The summed E-state index contributed by atoms with van der Waals surface area (Å²) in [7, 11) is 0. The van der Waals surface area contributed by atoms with E-state index in [4.69, 9.17) is 0 Å². The van der Waals surface area contributed by atoms with Gasteiger partial charge in [0.1, 0.15) is 0 Å². The first-order chi connectivity index (χ1) is 9.78. The van der Waals surface area contributed by atoms with Crippen LogP contribution in [-0.2, 0) is 0 Å². The summed E-state index contributed by atoms with van der Waals surface area (Å²) in [6.45, 7) is 4.41. The summed E-state index contributed by atoms with van der Waals surface area (Å²) < 4.78 is 0.378. The first-order valence-corrected chi connectivity index (χ1v) is 7.83. The molecule has 1 unspecified atom stereocenters. The van der Waals surface area contributed by atoms with E-state index >= 15 is 0 Å². The van der Waals surface area contributed by atoms with Crippen LogP contribution < -0.4 is 5.32 Å². The Labute approximate surface area is 132 Å². The molecule has 1 aromatic carbocycles. The van der Waals surface area contributed by atoms with Crippen LogP contribution in [0, 0.1) is 15.5 Å². The molecule has 21 heavy (non-hydrogen) atoms. The first-order valence-electron chi connectivity index (χ1n) is 7.03. The normalized spacial score (nSPS) is 20.8. The van der Waals surface area contributed by atoms with Crippen molar-refractivity contribution in [2.45, 2.75) is 45.6 Å². The first kappa shape index (κ1) is 15.9. The Kier molecular flexibility index (Phi) is 4.66. The minimum absolute atomic E-state index is 0.0911. The number of nitrogens with zero attached hydrogens (tertiary/aromatic N) is 1. The average molecular weight is 355 g/mol. The monoisotopic (exact) mass is 354 g/mol. The van der Waals surface area contributed by atoms with Crippen molar-refractivity contribution in [3.05, 3.63) is 38.3 Å². The van der Waals surface area contributed by atoms with Crippen LogP contribution in [0.4, 0.5) is 5.69 Å². The third-order valence-corrected chi connectivity index (χ3v) is 4.62. The maximum atomic E-state index is 12.3. The van der Waals surface area contributed by atoms with Crippen LogP contribution >= 0.6 is 15.9 Å². The fraction of sp³-hybridized carbons (Fsp3) is 0.533. The fourth-order valence-corrected chi connectivity index (χ4v) is 3.28. The molecule has 6 heteroatoms. The van der Waals surface area contributed by atoms with Crippen molar-refractivity contribution in [1.29, 1.82) is 0 Å². The largest absolute Gasteiger partial charge is 0.349 e. The zero-order valence-electron chi connectivity index (χ0n) is 12.2. The molecular weight excluding hydrogens is 336 g/mol. The molecule has 1 aliphatic rings. The van der Waals surface area contributed by atoms with Crippen LogP contribution in [0.3, 0.4) is 0 Å². The van der Waals surface area contributed by atoms with Crippen LogP contribution in [0.2, 0.25) is 0 Å². The van der Waals surface area contributed by atoms with Crippen molar-refractivity contribution in [3.63, 3.8) is 0 Å². The number of halogens is 1. The molecule has 5 nitrogen and oxygen atoms in total. The van der Waals surface area contributed by atoms with Crippen LogP contribution in [-0.4, -0.2) is 16.9 Å². The lowest BCUT2D eigenvalue weighted by molar-refractivity contribution is -0.385. The molecule has 0 aromatic heterocycles. The van der Waals surface area contributed by atoms with Gasteiger partial charge < -0.3 is 5.32 Å². The second kappa shape index (κ2) is 6.13. The van der Waals surface area contributed by atoms with Crippen molar-refractivity contribution in [2.75, 3.05) is 0 Å². The summed E-state index contributed by atoms with van der Waals surface area (Å²) in [5.41, 5.74) is 0.474. The molecule has 1 fully saturated rings. The molecule has 1 saturated carbocycles. The van der Waals surface area contributed by atoms with Gasteiger partial charge in [-0.05, 0) is 52.7 Å². The van der Waals surface area contributed by atoms with Crippen molar-refractivity contribution in [2.24, 2.45) is 5.41 Å². The van der Waals surface area contributed by atoms with E-state index < -0.39 is 4.92 Å². The summed E-state index contributed by atoms with van der Waals surface area (Å²) in [4.78, 5) is 22.7. The Morgan fingerprint density at radius 1 is 1.48 bits per heavy atom. The second-order valence-corrected chi connectivity index (χ2v) is 7.21. The highest BCUT2D eigenvalue weighted by molar-refractivity contribution is 9.10. The molecular formula is C15H19BrN2O3. The lowest BCUT2D eigenvalue weighted by Gasteiger charge is -2.35. The van der Waals surface area contributed by atoms with Gasteiger partial charge in [0.25, 0.3) is 11.6 Å². The number of nitro groups is 1. The summed E-state index contributed by atoms with van der Waals surface area (Å²) in [5.74, 6) is -0.242. The topological polar surface area (TPSA) is 72.2 Å². The fourth-order valence-electron chi connectivity index (χ4n) is 2.88. The van der Waals surface area contributed by atoms with Crippen molar-refractivity contribution in [3.8, 4) is 0 Å². The van der Waals surface area contributed by atoms with E-state index in [1.807, 2.05) is 0 Å². The van der Waals surface area contributed by atoms with E-state index in [1.165, 1.54) is 18.6 Å². The zero-order chi connectivity index (χ0) is 15.6. The minimum atomic E-state index is -0.495. The molecule has 0 aliphatic heterocycles. The third kappa shape index (κ3) is 4.03. The van der Waals surface area contributed by atoms with Crippen LogP contribution in [0.5, 0.6) is 0 Å². The Morgan fingerprint density at radius 3 is 2.81 bits per heavy atom. The highest BCUT2D eigenvalue weighted by Gasteiger charge is 2.29. The van der Waals surface area contributed by atoms with E-state index in [-0.39, 0.29) is 23.1 Å². The maximum Gasteiger partial charge on any atom is 0.284 e. The summed E-state index contributed by atoms with van der Waals surface area (Å²) >= 11 is 3.12. The van der Waals surface area contributed by atoms with Gasteiger partial charge in [-0.3, -0.25) is 14.9 Å². The number of nitro benzene ring substituents is 1. The Balaban J connectivity index is 2.10. The number of nitrogens with one attached hydrogen (secondary N) is 1. The number of rotatable bonds is 3. The summed E-state index contributed by atoms with van der Waals surface area (Å²) in [6.07, 6.45) is 4.17. The van der Waals surface area contributed by atoms with E-state index in [1.54, 1.807) is 6.07 Å². The van der Waals surface area contributed by atoms with Gasteiger partial charge in [0.15, 0.2) is 0 Å². The number of amides is 1. The average Bonchev–Trinajstić information content (AvgIpc) is 2.37. The number of hydrogen-bond donors (Lipinski definition) is 1.